The molecule has 5 aromatic rings. The van der Waals surface area contributed by atoms with Gasteiger partial charge in [-0.25, -0.2) is 14.4 Å². The molecule has 154 valence electrons. The van der Waals surface area contributed by atoms with Crippen molar-refractivity contribution in [3.63, 3.8) is 0 Å². The number of hydrogen-bond donors (Lipinski definition) is 1. The third-order valence-corrected chi connectivity index (χ3v) is 5.05. The Morgan fingerprint density at radius 2 is 1.94 bits per heavy atom. The Balaban J connectivity index is 1.50. The van der Waals surface area contributed by atoms with Crippen LogP contribution in [0.1, 0.15) is 5.69 Å². The summed E-state index contributed by atoms with van der Waals surface area (Å²) in [6, 6.07) is 16.2. The highest BCUT2D eigenvalue weighted by Gasteiger charge is 2.11. The molecule has 5 rings (SSSR count). The van der Waals surface area contributed by atoms with Gasteiger partial charge in [0.1, 0.15) is 11.6 Å². The standard InChI is InChI=1S/C24H20FN5O/c1-16-13-30(15-26-16)22-9-8-19(12-23(22)31-2)27-20-7-4-10-29-14-21(28-24(20)29)17-5-3-6-18(25)11-17/h3-15,27H,1-2H3. The second-order valence-corrected chi connectivity index (χ2v) is 7.22. The van der Waals surface area contributed by atoms with Crippen molar-refractivity contribution in [2.75, 3.05) is 12.4 Å². The van der Waals surface area contributed by atoms with Gasteiger partial charge in [-0.1, -0.05) is 12.1 Å². The zero-order valence-electron chi connectivity index (χ0n) is 17.1. The predicted octanol–water partition coefficient (Wildman–Crippen LogP) is 5.39. The van der Waals surface area contributed by atoms with Gasteiger partial charge in [-0.2, -0.15) is 0 Å². The van der Waals surface area contributed by atoms with Crippen LogP contribution >= 0.6 is 0 Å². The minimum atomic E-state index is -0.284. The summed E-state index contributed by atoms with van der Waals surface area (Å²) in [7, 11) is 1.65. The number of imidazole rings is 2. The first-order valence-corrected chi connectivity index (χ1v) is 9.80. The number of halogens is 1. The molecule has 0 radical (unpaired) electrons. The lowest BCUT2D eigenvalue weighted by molar-refractivity contribution is 0.413. The highest BCUT2D eigenvalue weighted by atomic mass is 19.1. The van der Waals surface area contributed by atoms with Crippen molar-refractivity contribution in [1.82, 2.24) is 18.9 Å². The monoisotopic (exact) mass is 413 g/mol. The summed E-state index contributed by atoms with van der Waals surface area (Å²) in [6.07, 6.45) is 7.52. The van der Waals surface area contributed by atoms with E-state index in [-0.39, 0.29) is 5.82 Å². The maximum Gasteiger partial charge on any atom is 0.161 e. The first-order valence-electron chi connectivity index (χ1n) is 9.80. The average Bonchev–Trinajstić information content (AvgIpc) is 3.40. The van der Waals surface area contributed by atoms with Gasteiger partial charge in [0.25, 0.3) is 0 Å². The van der Waals surface area contributed by atoms with Crippen molar-refractivity contribution in [3.05, 3.63) is 91.0 Å². The van der Waals surface area contributed by atoms with Crippen LogP contribution in [-0.4, -0.2) is 26.0 Å². The van der Waals surface area contributed by atoms with Crippen LogP contribution in [0, 0.1) is 12.7 Å². The van der Waals surface area contributed by atoms with Gasteiger partial charge in [0.2, 0.25) is 0 Å². The summed E-state index contributed by atoms with van der Waals surface area (Å²) in [4.78, 5) is 9.00. The number of nitrogens with one attached hydrogen (secondary N) is 1. The van der Waals surface area contributed by atoms with E-state index in [1.807, 2.05) is 70.9 Å². The number of methoxy groups -OCH3 is 1. The van der Waals surface area contributed by atoms with Gasteiger partial charge < -0.3 is 19.0 Å². The lowest BCUT2D eigenvalue weighted by Crippen LogP contribution is -1.99. The van der Waals surface area contributed by atoms with E-state index in [1.54, 1.807) is 19.5 Å². The largest absolute Gasteiger partial charge is 0.494 e. The fourth-order valence-corrected chi connectivity index (χ4v) is 3.57. The molecule has 1 N–H and O–H groups in total. The van der Waals surface area contributed by atoms with Gasteiger partial charge in [0, 0.05) is 35.9 Å². The van der Waals surface area contributed by atoms with E-state index in [0.717, 1.165) is 39.7 Å². The summed E-state index contributed by atoms with van der Waals surface area (Å²) in [5.41, 5.74) is 5.72. The van der Waals surface area contributed by atoms with Gasteiger partial charge in [-0.15, -0.1) is 0 Å². The quantitative estimate of drug-likeness (QED) is 0.420. The summed E-state index contributed by atoms with van der Waals surface area (Å²) in [5, 5.41) is 3.42. The predicted molar refractivity (Wildman–Crippen MR) is 119 cm³/mol. The maximum atomic E-state index is 13.6. The number of nitrogens with zero attached hydrogens (tertiary/aromatic N) is 4. The van der Waals surface area contributed by atoms with Gasteiger partial charge in [0.15, 0.2) is 5.65 Å². The molecule has 0 aliphatic carbocycles. The molecular formula is C24H20FN5O. The van der Waals surface area contributed by atoms with E-state index in [9.17, 15) is 4.39 Å². The summed E-state index contributed by atoms with van der Waals surface area (Å²) in [6.45, 7) is 1.95. The zero-order valence-corrected chi connectivity index (χ0v) is 17.1. The van der Waals surface area contributed by atoms with E-state index in [4.69, 9.17) is 9.72 Å². The molecule has 0 amide bonds. The average molecular weight is 413 g/mol. The SMILES string of the molecule is COc1cc(Nc2cccn3cc(-c4cccc(F)c4)nc23)ccc1-n1cnc(C)c1. The molecule has 0 fully saturated rings. The Kier molecular flexibility index (Phi) is 4.63. The van der Waals surface area contributed by atoms with E-state index < -0.39 is 0 Å². The van der Waals surface area contributed by atoms with Crippen LogP contribution in [0.25, 0.3) is 22.6 Å². The zero-order chi connectivity index (χ0) is 21.4. The highest BCUT2D eigenvalue weighted by Crippen LogP contribution is 2.30. The number of ether oxygens (including phenoxy) is 1. The molecule has 0 saturated heterocycles. The summed E-state index contributed by atoms with van der Waals surface area (Å²) in [5.74, 6) is 0.436. The molecule has 0 aliphatic rings. The molecule has 0 spiro atoms. The van der Waals surface area contributed by atoms with Crippen molar-refractivity contribution in [1.29, 1.82) is 0 Å². The van der Waals surface area contributed by atoms with Gasteiger partial charge in [0.05, 0.1) is 36.2 Å². The molecule has 7 heteroatoms. The number of benzene rings is 2. The van der Waals surface area contributed by atoms with Crippen LogP contribution in [0.2, 0.25) is 0 Å². The summed E-state index contributed by atoms with van der Waals surface area (Å²) >= 11 is 0. The Labute approximate surface area is 178 Å². The minimum Gasteiger partial charge on any atom is -0.494 e. The Morgan fingerprint density at radius 3 is 2.71 bits per heavy atom. The molecule has 3 heterocycles. The number of rotatable bonds is 5. The van der Waals surface area contributed by atoms with Crippen LogP contribution in [0.4, 0.5) is 15.8 Å². The Hall–Kier alpha value is -4.13. The smallest absolute Gasteiger partial charge is 0.161 e. The first kappa shape index (κ1) is 18.9. The molecule has 3 aromatic heterocycles. The van der Waals surface area contributed by atoms with Crippen LogP contribution < -0.4 is 10.1 Å². The van der Waals surface area contributed by atoms with Crippen molar-refractivity contribution >= 4 is 17.0 Å². The number of anilines is 2. The second-order valence-electron chi connectivity index (χ2n) is 7.22. The first-order chi connectivity index (χ1) is 15.1. The fraction of sp³-hybridized carbons (Fsp3) is 0.0833. The third kappa shape index (κ3) is 3.61. The van der Waals surface area contributed by atoms with Crippen molar-refractivity contribution in [3.8, 4) is 22.7 Å². The number of fused-ring (bicyclic) bond motifs is 1. The van der Waals surface area contributed by atoms with Crippen LogP contribution in [0.3, 0.4) is 0 Å². The molecule has 2 aromatic carbocycles. The normalized spacial score (nSPS) is 11.1. The number of pyridine rings is 1. The highest BCUT2D eigenvalue weighted by molar-refractivity contribution is 5.77. The Bertz CT molecular complexity index is 1390. The van der Waals surface area contributed by atoms with Gasteiger partial charge in [-0.3, -0.25) is 0 Å². The van der Waals surface area contributed by atoms with Crippen molar-refractivity contribution in [2.24, 2.45) is 0 Å². The number of aromatic nitrogens is 4. The minimum absolute atomic E-state index is 0.284. The molecule has 6 nitrogen and oxygen atoms in total. The van der Waals surface area contributed by atoms with Crippen LogP contribution in [0.5, 0.6) is 5.75 Å². The second kappa shape index (κ2) is 7.60. The van der Waals surface area contributed by atoms with Crippen LogP contribution in [-0.2, 0) is 0 Å². The lowest BCUT2D eigenvalue weighted by Gasteiger charge is -2.13. The third-order valence-electron chi connectivity index (χ3n) is 5.05. The molecule has 0 saturated carbocycles. The molecule has 0 unspecified atom stereocenters. The summed E-state index contributed by atoms with van der Waals surface area (Å²) < 4.78 is 23.1. The number of aryl methyl sites for hydroxylation is 1. The molecule has 0 atom stereocenters. The van der Waals surface area contributed by atoms with Gasteiger partial charge in [-0.05, 0) is 43.3 Å². The maximum absolute atomic E-state index is 13.6. The van der Waals surface area contributed by atoms with E-state index >= 15 is 0 Å². The van der Waals surface area contributed by atoms with Crippen molar-refractivity contribution in [2.45, 2.75) is 6.92 Å². The lowest BCUT2D eigenvalue weighted by atomic mass is 10.2. The number of hydrogen-bond acceptors (Lipinski definition) is 4. The van der Waals surface area contributed by atoms with E-state index in [1.165, 1.54) is 12.1 Å². The molecule has 31 heavy (non-hydrogen) atoms. The molecular weight excluding hydrogens is 393 g/mol. The molecule has 0 aliphatic heterocycles. The van der Waals surface area contributed by atoms with Crippen LogP contribution in [0.15, 0.2) is 79.5 Å². The van der Waals surface area contributed by atoms with E-state index in [0.29, 0.717) is 5.69 Å². The van der Waals surface area contributed by atoms with E-state index in [2.05, 4.69) is 10.3 Å². The van der Waals surface area contributed by atoms with Gasteiger partial charge >= 0.3 is 0 Å². The fourth-order valence-electron chi connectivity index (χ4n) is 3.57. The Morgan fingerprint density at radius 1 is 1.03 bits per heavy atom. The topological polar surface area (TPSA) is 56.4 Å². The van der Waals surface area contributed by atoms with Crippen molar-refractivity contribution < 1.29 is 9.13 Å². The molecule has 0 bridgehead atoms.